The van der Waals surface area contributed by atoms with E-state index >= 15 is 0 Å². The number of phenolic OH excluding ortho intramolecular Hbond substituents is 1. The van der Waals surface area contributed by atoms with Gasteiger partial charge in [-0.3, -0.25) is 4.79 Å². The second-order valence-electron chi connectivity index (χ2n) is 7.09. The molecule has 7 heteroatoms. The Bertz CT molecular complexity index is 1100. The Hall–Kier alpha value is -3.48. The van der Waals surface area contributed by atoms with E-state index < -0.39 is 6.04 Å². The van der Waals surface area contributed by atoms with Gasteiger partial charge in [-0.15, -0.1) is 0 Å². The first-order valence-corrected chi connectivity index (χ1v) is 9.08. The van der Waals surface area contributed by atoms with Crippen molar-refractivity contribution < 1.29 is 14.3 Å². The summed E-state index contributed by atoms with van der Waals surface area (Å²) in [5, 5.41) is 17.7. The van der Waals surface area contributed by atoms with Crippen molar-refractivity contribution in [3.05, 3.63) is 83.1 Å². The van der Waals surface area contributed by atoms with Gasteiger partial charge in [-0.25, -0.2) is 9.07 Å². The minimum absolute atomic E-state index is 0.0162. The van der Waals surface area contributed by atoms with Gasteiger partial charge in [0.05, 0.1) is 0 Å². The first-order valence-electron chi connectivity index (χ1n) is 9.08. The van der Waals surface area contributed by atoms with E-state index in [-0.39, 0.29) is 23.3 Å². The highest BCUT2D eigenvalue weighted by atomic mass is 19.1. The van der Waals surface area contributed by atoms with Crippen LogP contribution in [0.5, 0.6) is 5.75 Å². The Morgan fingerprint density at radius 3 is 2.68 bits per heavy atom. The molecule has 2 aromatic carbocycles. The standard InChI is InChI=1S/C21H17FN4O2/c22-14-7-5-12(6-8-14)20-19-16(25-21-23-11-24-26(20)21)9-13(10-18(19)28)15-3-1-2-4-17(15)27/h1-8,11,13,20,27H,9-10H2,(H,23,24,25)/t13-,20+/m0/s1. The molecule has 1 aliphatic heterocycles. The number of carbonyl (C=O) groups excluding carboxylic acids is 1. The molecular weight excluding hydrogens is 359 g/mol. The van der Waals surface area contributed by atoms with Gasteiger partial charge in [-0.2, -0.15) is 10.1 Å². The highest BCUT2D eigenvalue weighted by molar-refractivity contribution is 6.00. The van der Waals surface area contributed by atoms with Crippen molar-refractivity contribution >= 4 is 11.7 Å². The van der Waals surface area contributed by atoms with Crippen LogP contribution >= 0.6 is 0 Å². The molecule has 0 bridgehead atoms. The Morgan fingerprint density at radius 2 is 1.89 bits per heavy atom. The summed E-state index contributed by atoms with van der Waals surface area (Å²) in [5.41, 5.74) is 2.93. The van der Waals surface area contributed by atoms with Crippen LogP contribution in [0.15, 0.2) is 66.1 Å². The molecule has 2 aliphatic rings. The molecule has 0 fully saturated rings. The SMILES string of the molecule is O=C1C[C@@H](c2ccccc2O)CC2=C1[C@@H](c1ccc(F)cc1)n1ncnc1N2. The number of nitrogens with one attached hydrogen (secondary N) is 1. The zero-order valence-electron chi connectivity index (χ0n) is 14.8. The Balaban J connectivity index is 1.61. The van der Waals surface area contributed by atoms with Crippen LogP contribution in [0.4, 0.5) is 10.3 Å². The van der Waals surface area contributed by atoms with Crippen LogP contribution in [0, 0.1) is 5.82 Å². The fraction of sp³-hybridized carbons (Fsp3) is 0.190. The van der Waals surface area contributed by atoms with E-state index in [2.05, 4.69) is 15.4 Å². The topological polar surface area (TPSA) is 80.0 Å². The molecule has 0 saturated heterocycles. The van der Waals surface area contributed by atoms with Crippen LogP contribution in [0.25, 0.3) is 0 Å². The molecule has 1 aliphatic carbocycles. The minimum atomic E-state index is -0.452. The van der Waals surface area contributed by atoms with Crippen molar-refractivity contribution in [2.24, 2.45) is 0 Å². The molecule has 2 atom stereocenters. The van der Waals surface area contributed by atoms with Crippen molar-refractivity contribution in [1.82, 2.24) is 14.8 Å². The first-order chi connectivity index (χ1) is 13.6. The largest absolute Gasteiger partial charge is 0.508 e. The monoisotopic (exact) mass is 376 g/mol. The summed E-state index contributed by atoms with van der Waals surface area (Å²) < 4.78 is 15.1. The number of aromatic hydroxyl groups is 1. The second kappa shape index (κ2) is 6.30. The number of anilines is 1. The number of allylic oxidation sites excluding steroid dienone is 2. The lowest BCUT2D eigenvalue weighted by molar-refractivity contribution is -0.116. The number of rotatable bonds is 2. The van der Waals surface area contributed by atoms with Crippen LogP contribution in [-0.2, 0) is 4.79 Å². The van der Waals surface area contributed by atoms with Crippen molar-refractivity contribution in [3.8, 4) is 5.75 Å². The molecule has 0 unspecified atom stereocenters. The molecule has 140 valence electrons. The van der Waals surface area contributed by atoms with Crippen LogP contribution in [0.1, 0.15) is 35.9 Å². The molecule has 6 nitrogen and oxygen atoms in total. The summed E-state index contributed by atoms with van der Waals surface area (Å²) in [6, 6.07) is 12.8. The number of ketones is 1. The average Bonchev–Trinajstić information content (AvgIpc) is 3.15. The third kappa shape index (κ3) is 2.58. The van der Waals surface area contributed by atoms with Crippen molar-refractivity contribution in [2.75, 3.05) is 5.32 Å². The number of nitrogens with zero attached hydrogens (tertiary/aromatic N) is 3. The maximum absolute atomic E-state index is 13.4. The van der Waals surface area contributed by atoms with Crippen LogP contribution in [0.2, 0.25) is 0 Å². The molecular formula is C21H17FN4O2. The third-order valence-corrected chi connectivity index (χ3v) is 5.42. The smallest absolute Gasteiger partial charge is 0.226 e. The van der Waals surface area contributed by atoms with Crippen LogP contribution < -0.4 is 5.32 Å². The van der Waals surface area contributed by atoms with Crippen molar-refractivity contribution in [1.29, 1.82) is 0 Å². The quantitative estimate of drug-likeness (QED) is 0.715. The van der Waals surface area contributed by atoms with Gasteiger partial charge in [0.2, 0.25) is 5.95 Å². The lowest BCUT2D eigenvalue weighted by atomic mass is 9.77. The molecule has 5 rings (SSSR count). The van der Waals surface area contributed by atoms with Gasteiger partial charge < -0.3 is 10.4 Å². The molecule has 2 heterocycles. The first kappa shape index (κ1) is 16.7. The number of hydrogen-bond acceptors (Lipinski definition) is 5. The van der Waals surface area contributed by atoms with Gasteiger partial charge in [-0.05, 0) is 35.7 Å². The number of carbonyl (C=O) groups is 1. The highest BCUT2D eigenvalue weighted by Crippen LogP contribution is 2.45. The maximum atomic E-state index is 13.4. The number of fused-ring (bicyclic) bond motifs is 1. The fourth-order valence-corrected chi connectivity index (χ4v) is 4.16. The molecule has 0 saturated carbocycles. The lowest BCUT2D eigenvalue weighted by Gasteiger charge is -2.35. The summed E-state index contributed by atoms with van der Waals surface area (Å²) in [6.07, 6.45) is 2.30. The molecule has 0 radical (unpaired) electrons. The highest BCUT2D eigenvalue weighted by Gasteiger charge is 2.39. The van der Waals surface area contributed by atoms with Gasteiger partial charge in [-0.1, -0.05) is 30.3 Å². The number of benzene rings is 2. The van der Waals surface area contributed by atoms with E-state index in [1.165, 1.54) is 18.5 Å². The molecule has 0 spiro atoms. The average molecular weight is 376 g/mol. The zero-order chi connectivity index (χ0) is 19.3. The number of hydrogen-bond donors (Lipinski definition) is 2. The van der Waals surface area contributed by atoms with E-state index in [4.69, 9.17) is 0 Å². The van der Waals surface area contributed by atoms with Gasteiger partial charge in [0.1, 0.15) is 23.9 Å². The number of halogens is 1. The zero-order valence-corrected chi connectivity index (χ0v) is 14.8. The van der Waals surface area contributed by atoms with E-state index in [1.807, 2.05) is 12.1 Å². The third-order valence-electron chi connectivity index (χ3n) is 5.42. The van der Waals surface area contributed by atoms with Crippen molar-refractivity contribution in [3.63, 3.8) is 0 Å². The van der Waals surface area contributed by atoms with E-state index in [0.29, 0.717) is 24.4 Å². The summed E-state index contributed by atoms with van der Waals surface area (Å²) in [5.74, 6) is 0.262. The second-order valence-corrected chi connectivity index (χ2v) is 7.09. The normalized spacial score (nSPS) is 21.1. The van der Waals surface area contributed by atoms with Gasteiger partial charge in [0.25, 0.3) is 0 Å². The molecule has 28 heavy (non-hydrogen) atoms. The van der Waals surface area contributed by atoms with Crippen molar-refractivity contribution in [2.45, 2.75) is 24.8 Å². The molecule has 2 N–H and O–H groups in total. The fourth-order valence-electron chi connectivity index (χ4n) is 4.16. The molecule has 3 aromatic rings. The van der Waals surface area contributed by atoms with Gasteiger partial charge in [0.15, 0.2) is 5.78 Å². The Labute approximate surface area is 160 Å². The van der Waals surface area contributed by atoms with E-state index in [1.54, 1.807) is 28.9 Å². The lowest BCUT2D eigenvalue weighted by Crippen LogP contribution is -2.33. The summed E-state index contributed by atoms with van der Waals surface area (Å²) in [4.78, 5) is 17.4. The predicted octanol–water partition coefficient (Wildman–Crippen LogP) is 3.54. The van der Waals surface area contributed by atoms with Gasteiger partial charge in [0, 0.05) is 23.6 Å². The Kier molecular flexibility index (Phi) is 3.75. The van der Waals surface area contributed by atoms with E-state index in [0.717, 1.165) is 16.8 Å². The summed E-state index contributed by atoms with van der Waals surface area (Å²) in [7, 11) is 0. The van der Waals surface area contributed by atoms with Gasteiger partial charge >= 0.3 is 0 Å². The molecule has 1 aromatic heterocycles. The Morgan fingerprint density at radius 1 is 1.11 bits per heavy atom. The summed E-state index contributed by atoms with van der Waals surface area (Å²) >= 11 is 0. The maximum Gasteiger partial charge on any atom is 0.226 e. The van der Waals surface area contributed by atoms with E-state index in [9.17, 15) is 14.3 Å². The predicted molar refractivity (Wildman–Crippen MR) is 100 cm³/mol. The number of Topliss-reactive ketones (excluding diaryl/α,β-unsaturated/α-hetero) is 1. The minimum Gasteiger partial charge on any atom is -0.508 e. The number of phenols is 1. The van der Waals surface area contributed by atoms with Crippen LogP contribution in [-0.4, -0.2) is 25.7 Å². The summed E-state index contributed by atoms with van der Waals surface area (Å²) in [6.45, 7) is 0. The molecule has 0 amide bonds. The number of para-hydroxylation sites is 1. The number of aromatic nitrogens is 3. The van der Waals surface area contributed by atoms with Crippen LogP contribution in [0.3, 0.4) is 0 Å².